The van der Waals surface area contributed by atoms with Crippen LogP contribution in [0.3, 0.4) is 0 Å². The number of benzene rings is 1. The van der Waals surface area contributed by atoms with Crippen molar-refractivity contribution >= 4 is 0 Å². The van der Waals surface area contributed by atoms with Crippen molar-refractivity contribution < 1.29 is 9.13 Å². The Morgan fingerprint density at radius 3 is 2.88 bits per heavy atom. The minimum atomic E-state index is -0.217. The first-order chi connectivity index (χ1) is 7.69. The minimum Gasteiger partial charge on any atom is -0.383 e. The lowest BCUT2D eigenvalue weighted by molar-refractivity contribution is 0.195. The summed E-state index contributed by atoms with van der Waals surface area (Å²) in [6.07, 6.45) is 0. The van der Waals surface area contributed by atoms with Gasteiger partial charge in [0.05, 0.1) is 6.61 Å². The molecule has 0 amide bonds. The van der Waals surface area contributed by atoms with Crippen LogP contribution in [0.25, 0.3) is 0 Å². The van der Waals surface area contributed by atoms with E-state index in [0.29, 0.717) is 25.3 Å². The van der Waals surface area contributed by atoms with Crippen LogP contribution in [-0.4, -0.2) is 26.8 Å². The van der Waals surface area contributed by atoms with Crippen molar-refractivity contribution in [3.63, 3.8) is 0 Å². The maximum absolute atomic E-state index is 13.6. The molecule has 3 nitrogen and oxygen atoms in total. The molecule has 3 N–H and O–H groups in total. The van der Waals surface area contributed by atoms with Crippen molar-refractivity contribution in [1.29, 1.82) is 0 Å². The third-order valence-corrected chi connectivity index (χ3v) is 2.46. The molecule has 0 aromatic heterocycles. The molecule has 90 valence electrons. The predicted octanol–water partition coefficient (Wildman–Crippen LogP) is 1.37. The lowest BCUT2D eigenvalue weighted by Gasteiger charge is -2.18. The lowest BCUT2D eigenvalue weighted by atomic mass is 10.0. The summed E-state index contributed by atoms with van der Waals surface area (Å²) in [4.78, 5) is 0. The Morgan fingerprint density at radius 1 is 1.50 bits per heavy atom. The highest BCUT2D eigenvalue weighted by Crippen LogP contribution is 2.17. The van der Waals surface area contributed by atoms with Crippen molar-refractivity contribution in [3.8, 4) is 0 Å². The zero-order chi connectivity index (χ0) is 12.0. The molecule has 0 radical (unpaired) electrons. The number of ether oxygens (including phenoxy) is 1. The summed E-state index contributed by atoms with van der Waals surface area (Å²) >= 11 is 0. The molecule has 0 aliphatic heterocycles. The van der Waals surface area contributed by atoms with Gasteiger partial charge in [-0.15, -0.1) is 0 Å². The van der Waals surface area contributed by atoms with E-state index in [1.54, 1.807) is 13.2 Å². The van der Waals surface area contributed by atoms with E-state index in [1.165, 1.54) is 6.07 Å². The molecule has 0 aliphatic carbocycles. The second kappa shape index (κ2) is 6.58. The number of methoxy groups -OCH3 is 1. The Labute approximate surface area is 95.8 Å². The molecule has 0 bridgehead atoms. The average molecular weight is 226 g/mol. The predicted molar refractivity (Wildman–Crippen MR) is 62.8 cm³/mol. The van der Waals surface area contributed by atoms with Crippen LogP contribution in [0, 0.1) is 12.7 Å². The van der Waals surface area contributed by atoms with Gasteiger partial charge in [-0.1, -0.05) is 17.7 Å². The summed E-state index contributed by atoms with van der Waals surface area (Å²) in [5.41, 5.74) is 7.29. The van der Waals surface area contributed by atoms with Gasteiger partial charge in [0.1, 0.15) is 5.82 Å². The molecule has 0 aliphatic rings. The fourth-order valence-corrected chi connectivity index (χ4v) is 1.59. The maximum Gasteiger partial charge on any atom is 0.128 e. The molecule has 1 rings (SSSR count). The fourth-order valence-electron chi connectivity index (χ4n) is 1.59. The van der Waals surface area contributed by atoms with Crippen LogP contribution >= 0.6 is 0 Å². The van der Waals surface area contributed by atoms with Crippen molar-refractivity contribution in [1.82, 2.24) is 5.32 Å². The first-order valence-corrected chi connectivity index (χ1v) is 5.37. The maximum atomic E-state index is 13.6. The van der Waals surface area contributed by atoms with E-state index in [9.17, 15) is 4.39 Å². The third kappa shape index (κ3) is 3.56. The van der Waals surface area contributed by atoms with Gasteiger partial charge >= 0.3 is 0 Å². The topological polar surface area (TPSA) is 47.3 Å². The van der Waals surface area contributed by atoms with Crippen LogP contribution in [0.15, 0.2) is 18.2 Å². The molecule has 4 heteroatoms. The molecule has 16 heavy (non-hydrogen) atoms. The highest BCUT2D eigenvalue weighted by atomic mass is 19.1. The van der Waals surface area contributed by atoms with Crippen LogP contribution in [-0.2, 0) is 4.74 Å². The van der Waals surface area contributed by atoms with E-state index in [4.69, 9.17) is 10.5 Å². The second-order valence-electron chi connectivity index (χ2n) is 3.76. The van der Waals surface area contributed by atoms with E-state index in [0.717, 1.165) is 5.56 Å². The minimum absolute atomic E-state index is 0.157. The summed E-state index contributed by atoms with van der Waals surface area (Å²) in [7, 11) is 1.63. The first kappa shape index (κ1) is 13.1. The van der Waals surface area contributed by atoms with E-state index in [1.807, 2.05) is 13.0 Å². The summed E-state index contributed by atoms with van der Waals surface area (Å²) in [6.45, 7) is 3.55. The van der Waals surface area contributed by atoms with Gasteiger partial charge in [-0.25, -0.2) is 4.39 Å². The smallest absolute Gasteiger partial charge is 0.128 e. The average Bonchev–Trinajstić information content (AvgIpc) is 2.28. The SMILES string of the molecule is COCCNC(CN)c1cc(C)ccc1F. The molecular formula is C12H19FN2O. The summed E-state index contributed by atoms with van der Waals surface area (Å²) in [6, 6.07) is 4.90. The highest BCUT2D eigenvalue weighted by Gasteiger charge is 2.13. The van der Waals surface area contributed by atoms with Gasteiger partial charge in [0, 0.05) is 31.8 Å². The first-order valence-electron chi connectivity index (χ1n) is 5.37. The van der Waals surface area contributed by atoms with Gasteiger partial charge < -0.3 is 15.8 Å². The fraction of sp³-hybridized carbons (Fsp3) is 0.500. The Bertz CT molecular complexity index is 331. The van der Waals surface area contributed by atoms with Crippen molar-refractivity contribution in [2.45, 2.75) is 13.0 Å². The Hall–Kier alpha value is -0.970. The Kier molecular flexibility index (Phi) is 5.38. The highest BCUT2D eigenvalue weighted by molar-refractivity contribution is 5.27. The van der Waals surface area contributed by atoms with Gasteiger partial charge in [0.2, 0.25) is 0 Å². The van der Waals surface area contributed by atoms with Gasteiger partial charge in [-0.05, 0) is 13.0 Å². The zero-order valence-electron chi connectivity index (χ0n) is 9.79. The molecule has 1 atom stereocenters. The monoisotopic (exact) mass is 226 g/mol. The van der Waals surface area contributed by atoms with Gasteiger partial charge in [0.25, 0.3) is 0 Å². The van der Waals surface area contributed by atoms with Gasteiger partial charge in [0.15, 0.2) is 0 Å². The zero-order valence-corrected chi connectivity index (χ0v) is 9.79. The standard InChI is InChI=1S/C12H19FN2O/c1-9-3-4-11(13)10(7-9)12(8-14)15-5-6-16-2/h3-4,7,12,15H,5-6,8,14H2,1-2H3. The number of nitrogens with one attached hydrogen (secondary N) is 1. The molecule has 1 unspecified atom stereocenters. The van der Waals surface area contributed by atoms with Crippen LogP contribution in [0.2, 0.25) is 0 Å². The summed E-state index contributed by atoms with van der Waals surface area (Å²) in [5.74, 6) is -0.217. The van der Waals surface area contributed by atoms with E-state index >= 15 is 0 Å². The van der Waals surface area contributed by atoms with Crippen LogP contribution < -0.4 is 11.1 Å². The Balaban J connectivity index is 2.73. The van der Waals surface area contributed by atoms with Gasteiger partial charge in [-0.3, -0.25) is 0 Å². The van der Waals surface area contributed by atoms with Crippen molar-refractivity contribution in [3.05, 3.63) is 35.1 Å². The number of rotatable bonds is 6. The molecular weight excluding hydrogens is 207 g/mol. The second-order valence-corrected chi connectivity index (χ2v) is 3.76. The summed E-state index contributed by atoms with van der Waals surface area (Å²) in [5, 5.41) is 3.16. The third-order valence-electron chi connectivity index (χ3n) is 2.46. The van der Waals surface area contributed by atoms with E-state index in [2.05, 4.69) is 5.32 Å². The van der Waals surface area contributed by atoms with Gasteiger partial charge in [-0.2, -0.15) is 0 Å². The molecule has 0 heterocycles. The number of aryl methyl sites for hydroxylation is 1. The van der Waals surface area contributed by atoms with Crippen LogP contribution in [0.1, 0.15) is 17.2 Å². The van der Waals surface area contributed by atoms with Crippen LogP contribution in [0.5, 0.6) is 0 Å². The normalized spacial score (nSPS) is 12.8. The molecule has 1 aromatic rings. The number of halogens is 1. The van der Waals surface area contributed by atoms with Crippen molar-refractivity contribution in [2.24, 2.45) is 5.73 Å². The van der Waals surface area contributed by atoms with E-state index in [-0.39, 0.29) is 11.9 Å². The molecule has 0 saturated heterocycles. The van der Waals surface area contributed by atoms with Crippen molar-refractivity contribution in [2.75, 3.05) is 26.8 Å². The quantitative estimate of drug-likeness (QED) is 0.720. The number of hydrogen-bond donors (Lipinski definition) is 2. The molecule has 1 aromatic carbocycles. The Morgan fingerprint density at radius 2 is 2.25 bits per heavy atom. The number of hydrogen-bond acceptors (Lipinski definition) is 3. The largest absolute Gasteiger partial charge is 0.383 e. The van der Waals surface area contributed by atoms with Crippen LogP contribution in [0.4, 0.5) is 4.39 Å². The molecule has 0 saturated carbocycles. The van der Waals surface area contributed by atoms with E-state index < -0.39 is 0 Å². The lowest BCUT2D eigenvalue weighted by Crippen LogP contribution is -2.31. The number of nitrogens with two attached hydrogens (primary N) is 1. The summed E-state index contributed by atoms with van der Waals surface area (Å²) < 4.78 is 18.5. The molecule has 0 fully saturated rings. The molecule has 0 spiro atoms.